The summed E-state index contributed by atoms with van der Waals surface area (Å²) in [5, 5.41) is 9.98. The van der Waals surface area contributed by atoms with Crippen LogP contribution in [0.2, 0.25) is 0 Å². The molecule has 0 radical (unpaired) electrons. The molecule has 1 N–H and O–H groups in total. The molecule has 1 aromatic carbocycles. The summed E-state index contributed by atoms with van der Waals surface area (Å²) in [6.45, 7) is 3.96. The van der Waals surface area contributed by atoms with E-state index in [2.05, 4.69) is 26.8 Å². The number of carboxylic acids is 1. The molecule has 0 unspecified atom stereocenters. The number of fused-ring (bicyclic) bond motifs is 1. The van der Waals surface area contributed by atoms with Gasteiger partial charge in [0.05, 0.1) is 11.1 Å². The second-order valence-corrected chi connectivity index (χ2v) is 5.38. The van der Waals surface area contributed by atoms with Crippen LogP contribution in [0.3, 0.4) is 0 Å². The lowest BCUT2D eigenvalue weighted by molar-refractivity contribution is 0.0697. The summed E-state index contributed by atoms with van der Waals surface area (Å²) in [6.07, 6.45) is 2.60. The lowest BCUT2D eigenvalue weighted by Gasteiger charge is -2.22. The van der Waals surface area contributed by atoms with Crippen LogP contribution in [-0.2, 0) is 0 Å². The van der Waals surface area contributed by atoms with E-state index in [9.17, 15) is 4.79 Å². The number of aromatic carboxylic acids is 1. The van der Waals surface area contributed by atoms with Crippen LogP contribution in [0, 0.1) is 0 Å². The summed E-state index contributed by atoms with van der Waals surface area (Å²) < 4.78 is 0. The van der Waals surface area contributed by atoms with E-state index in [4.69, 9.17) is 5.11 Å². The minimum Gasteiger partial charge on any atom is -0.478 e. The molecule has 1 aliphatic heterocycles. The molecule has 110 valence electrons. The standard InChI is InChI=1S/C15H18N4O2/c1-18-5-2-6-19(8-7-18)14-12-4-3-11(15(20)21)9-13(12)16-10-17-14/h3-4,9-10H,2,5-8H2,1H3,(H,20,21). The number of carbonyl (C=O) groups is 1. The van der Waals surface area contributed by atoms with Crippen molar-refractivity contribution in [2.75, 3.05) is 38.1 Å². The Morgan fingerprint density at radius 2 is 2.05 bits per heavy atom. The summed E-state index contributed by atoms with van der Waals surface area (Å²) in [5.74, 6) is -0.0410. The summed E-state index contributed by atoms with van der Waals surface area (Å²) in [6, 6.07) is 5.02. The van der Waals surface area contributed by atoms with Crippen molar-refractivity contribution in [3.63, 3.8) is 0 Å². The number of nitrogens with zero attached hydrogens (tertiary/aromatic N) is 4. The minimum atomic E-state index is -0.937. The van der Waals surface area contributed by atoms with Crippen LogP contribution in [0.5, 0.6) is 0 Å². The third-order valence-corrected chi connectivity index (χ3v) is 3.88. The van der Waals surface area contributed by atoms with E-state index in [1.54, 1.807) is 12.1 Å². The zero-order chi connectivity index (χ0) is 14.8. The number of carboxylic acid groups (broad SMARTS) is 1. The van der Waals surface area contributed by atoms with Gasteiger partial charge in [-0.2, -0.15) is 0 Å². The maximum atomic E-state index is 11.1. The Hall–Kier alpha value is -2.21. The minimum absolute atomic E-state index is 0.253. The van der Waals surface area contributed by atoms with Crippen molar-refractivity contribution < 1.29 is 9.90 Å². The first-order chi connectivity index (χ1) is 10.1. The molecule has 0 saturated carbocycles. The van der Waals surface area contributed by atoms with Gasteiger partial charge in [0.1, 0.15) is 12.1 Å². The fraction of sp³-hybridized carbons (Fsp3) is 0.400. The van der Waals surface area contributed by atoms with Crippen LogP contribution in [0.15, 0.2) is 24.5 Å². The molecule has 1 saturated heterocycles. The number of rotatable bonds is 2. The zero-order valence-corrected chi connectivity index (χ0v) is 12.0. The fourth-order valence-corrected chi connectivity index (χ4v) is 2.69. The molecule has 21 heavy (non-hydrogen) atoms. The summed E-state index contributed by atoms with van der Waals surface area (Å²) in [7, 11) is 2.13. The Morgan fingerprint density at radius 1 is 1.19 bits per heavy atom. The van der Waals surface area contributed by atoms with E-state index in [-0.39, 0.29) is 5.56 Å². The summed E-state index contributed by atoms with van der Waals surface area (Å²) >= 11 is 0. The maximum Gasteiger partial charge on any atom is 0.335 e. The molecule has 0 amide bonds. The SMILES string of the molecule is CN1CCCN(c2ncnc3cc(C(=O)O)ccc23)CC1. The molecule has 1 aromatic heterocycles. The van der Waals surface area contributed by atoms with Crippen molar-refractivity contribution in [2.45, 2.75) is 6.42 Å². The molecule has 2 aromatic rings. The third-order valence-electron chi connectivity index (χ3n) is 3.88. The lowest BCUT2D eigenvalue weighted by atomic mass is 10.1. The molecule has 3 rings (SSSR count). The van der Waals surface area contributed by atoms with Crippen LogP contribution in [0.1, 0.15) is 16.8 Å². The molecule has 1 fully saturated rings. The number of aromatic nitrogens is 2. The number of hydrogen-bond donors (Lipinski definition) is 1. The Morgan fingerprint density at radius 3 is 2.86 bits per heavy atom. The molecule has 6 heteroatoms. The van der Waals surface area contributed by atoms with Crippen LogP contribution < -0.4 is 4.90 Å². The van der Waals surface area contributed by atoms with Crippen LogP contribution in [0.4, 0.5) is 5.82 Å². The third kappa shape index (κ3) is 2.80. The smallest absolute Gasteiger partial charge is 0.335 e. The van der Waals surface area contributed by atoms with Crippen molar-refractivity contribution in [1.82, 2.24) is 14.9 Å². The van der Waals surface area contributed by atoms with Gasteiger partial charge in [-0.3, -0.25) is 0 Å². The predicted molar refractivity (Wildman–Crippen MR) is 80.8 cm³/mol. The van der Waals surface area contributed by atoms with E-state index in [0.29, 0.717) is 5.52 Å². The number of benzene rings is 1. The average Bonchev–Trinajstić information content (AvgIpc) is 2.70. The van der Waals surface area contributed by atoms with Crippen LogP contribution in [0.25, 0.3) is 10.9 Å². The zero-order valence-electron chi connectivity index (χ0n) is 12.0. The van der Waals surface area contributed by atoms with Gasteiger partial charge in [-0.05, 0) is 38.2 Å². The topological polar surface area (TPSA) is 69.6 Å². The molecular weight excluding hydrogens is 268 g/mol. The van der Waals surface area contributed by atoms with Gasteiger partial charge in [-0.25, -0.2) is 14.8 Å². The highest BCUT2D eigenvalue weighted by Gasteiger charge is 2.17. The van der Waals surface area contributed by atoms with Gasteiger partial charge in [0.25, 0.3) is 0 Å². The first-order valence-electron chi connectivity index (χ1n) is 7.07. The van der Waals surface area contributed by atoms with Gasteiger partial charge in [-0.15, -0.1) is 0 Å². The van der Waals surface area contributed by atoms with E-state index in [1.165, 1.54) is 6.33 Å². The van der Waals surface area contributed by atoms with Crippen molar-refractivity contribution in [3.05, 3.63) is 30.1 Å². The van der Waals surface area contributed by atoms with Crippen LogP contribution in [-0.4, -0.2) is 59.2 Å². The highest BCUT2D eigenvalue weighted by Crippen LogP contribution is 2.24. The normalized spacial score (nSPS) is 16.9. The molecule has 0 spiro atoms. The highest BCUT2D eigenvalue weighted by molar-refractivity contribution is 5.96. The maximum absolute atomic E-state index is 11.1. The quantitative estimate of drug-likeness (QED) is 0.901. The first-order valence-corrected chi connectivity index (χ1v) is 7.07. The average molecular weight is 286 g/mol. The van der Waals surface area contributed by atoms with Gasteiger partial charge >= 0.3 is 5.97 Å². The Bertz CT molecular complexity index is 674. The molecule has 6 nitrogen and oxygen atoms in total. The van der Waals surface area contributed by atoms with Crippen molar-refractivity contribution in [2.24, 2.45) is 0 Å². The molecule has 0 aliphatic carbocycles. The summed E-state index contributed by atoms with van der Waals surface area (Å²) in [5.41, 5.74) is 0.931. The van der Waals surface area contributed by atoms with E-state index >= 15 is 0 Å². The van der Waals surface area contributed by atoms with E-state index in [0.717, 1.165) is 43.8 Å². The van der Waals surface area contributed by atoms with Gasteiger partial charge in [0.15, 0.2) is 0 Å². The van der Waals surface area contributed by atoms with Crippen LogP contribution >= 0.6 is 0 Å². The van der Waals surface area contributed by atoms with E-state index < -0.39 is 5.97 Å². The van der Waals surface area contributed by atoms with Crippen molar-refractivity contribution >= 4 is 22.7 Å². The number of hydrogen-bond acceptors (Lipinski definition) is 5. The molecule has 2 heterocycles. The fourth-order valence-electron chi connectivity index (χ4n) is 2.69. The Balaban J connectivity index is 2.00. The second kappa shape index (κ2) is 5.65. The number of likely N-dealkylation sites (N-methyl/N-ethyl adjacent to an activating group) is 1. The number of anilines is 1. The monoisotopic (exact) mass is 286 g/mol. The van der Waals surface area contributed by atoms with Crippen molar-refractivity contribution in [3.8, 4) is 0 Å². The lowest BCUT2D eigenvalue weighted by Crippen LogP contribution is -2.29. The van der Waals surface area contributed by atoms with Gasteiger partial charge in [0.2, 0.25) is 0 Å². The molecule has 0 bridgehead atoms. The summed E-state index contributed by atoms with van der Waals surface area (Å²) in [4.78, 5) is 24.3. The highest BCUT2D eigenvalue weighted by atomic mass is 16.4. The molecular formula is C15H18N4O2. The van der Waals surface area contributed by atoms with Gasteiger partial charge in [0, 0.05) is 25.0 Å². The Labute approximate surface area is 123 Å². The largest absolute Gasteiger partial charge is 0.478 e. The van der Waals surface area contributed by atoms with Gasteiger partial charge < -0.3 is 14.9 Å². The predicted octanol–water partition coefficient (Wildman–Crippen LogP) is 1.47. The first kappa shape index (κ1) is 13.8. The van der Waals surface area contributed by atoms with Gasteiger partial charge in [-0.1, -0.05) is 0 Å². The molecule has 0 atom stereocenters. The molecule has 1 aliphatic rings. The van der Waals surface area contributed by atoms with Crippen molar-refractivity contribution in [1.29, 1.82) is 0 Å². The second-order valence-electron chi connectivity index (χ2n) is 5.38. The van der Waals surface area contributed by atoms with E-state index in [1.807, 2.05) is 6.07 Å². The Kier molecular flexibility index (Phi) is 3.70.